The number of benzene rings is 1. The third kappa shape index (κ3) is 7.39. The van der Waals surface area contributed by atoms with Crippen LogP contribution in [0.2, 0.25) is 0 Å². The smallest absolute Gasteiger partial charge is 0.387 e. The van der Waals surface area contributed by atoms with E-state index in [-0.39, 0.29) is 55.2 Å². The molecule has 3 N–H and O–H groups in total. The van der Waals surface area contributed by atoms with Gasteiger partial charge >= 0.3 is 6.61 Å². The first-order valence-corrected chi connectivity index (χ1v) is 10.8. The van der Waals surface area contributed by atoms with Gasteiger partial charge in [0.05, 0.1) is 12.3 Å². The van der Waals surface area contributed by atoms with E-state index in [0.29, 0.717) is 24.9 Å². The van der Waals surface area contributed by atoms with Crippen LogP contribution in [0.3, 0.4) is 0 Å². The monoisotopic (exact) mass is 456 g/mol. The molecule has 2 amide bonds. The first kappa shape index (κ1) is 26.0. The van der Waals surface area contributed by atoms with Gasteiger partial charge in [0.15, 0.2) is 5.75 Å². The molecule has 1 fully saturated rings. The Morgan fingerprint density at radius 2 is 1.91 bits per heavy atom. The number of carbonyl (C=O) groups excluding carboxylic acids is 2. The molecule has 1 aliphatic rings. The number of ether oxygens (including phenoxy) is 2. The van der Waals surface area contributed by atoms with Gasteiger partial charge in [0.1, 0.15) is 12.6 Å². The zero-order valence-corrected chi connectivity index (χ0v) is 19.1. The summed E-state index contributed by atoms with van der Waals surface area (Å²) in [5.41, 5.74) is 6.41. The summed E-state index contributed by atoms with van der Waals surface area (Å²) in [5.74, 6) is -0.196. The Hall–Kier alpha value is -2.30. The van der Waals surface area contributed by atoms with Crippen LogP contribution in [0.4, 0.5) is 20.2 Å². The lowest BCUT2D eigenvalue weighted by atomic mass is 10.1. The molecule has 0 aromatic heterocycles. The minimum absolute atomic E-state index is 0.117. The SMILES string of the molecule is CC(C)CN(CC(C)C)[C@H](CN)C(=O)Nc1ccc(N2CCOCC2=O)c(OC(F)F)c1. The molecule has 0 spiro atoms. The van der Waals surface area contributed by atoms with Gasteiger partial charge in [0, 0.05) is 37.9 Å². The van der Waals surface area contributed by atoms with Crippen molar-refractivity contribution in [2.75, 3.05) is 49.6 Å². The van der Waals surface area contributed by atoms with Crippen molar-refractivity contribution in [1.82, 2.24) is 4.90 Å². The number of carbonyl (C=O) groups is 2. The van der Waals surface area contributed by atoms with Crippen molar-refractivity contribution in [3.8, 4) is 5.75 Å². The lowest BCUT2D eigenvalue weighted by Gasteiger charge is -2.33. The van der Waals surface area contributed by atoms with Gasteiger partial charge in [-0.2, -0.15) is 8.78 Å². The van der Waals surface area contributed by atoms with Crippen molar-refractivity contribution >= 4 is 23.2 Å². The van der Waals surface area contributed by atoms with Crippen LogP contribution in [0.15, 0.2) is 18.2 Å². The molecule has 0 saturated carbocycles. The Bertz CT molecular complexity index is 766. The van der Waals surface area contributed by atoms with Crippen LogP contribution in [0.1, 0.15) is 27.7 Å². The fourth-order valence-electron chi connectivity index (χ4n) is 3.69. The van der Waals surface area contributed by atoms with Crippen LogP contribution in [0.5, 0.6) is 5.75 Å². The van der Waals surface area contributed by atoms with Crippen molar-refractivity contribution in [2.24, 2.45) is 17.6 Å². The quantitative estimate of drug-likeness (QED) is 0.531. The Kier molecular flexibility index (Phi) is 9.80. The summed E-state index contributed by atoms with van der Waals surface area (Å²) in [5, 5.41) is 2.76. The minimum Gasteiger partial charge on any atom is -0.433 e. The van der Waals surface area contributed by atoms with E-state index in [4.69, 9.17) is 10.5 Å². The third-order valence-corrected chi connectivity index (χ3v) is 4.89. The molecule has 2 rings (SSSR count). The molecule has 1 saturated heterocycles. The molecule has 1 aromatic rings. The molecule has 0 bridgehead atoms. The minimum atomic E-state index is -3.08. The van der Waals surface area contributed by atoms with E-state index in [1.807, 2.05) is 4.90 Å². The second-order valence-electron chi connectivity index (χ2n) is 8.64. The molecule has 1 aromatic carbocycles. The third-order valence-electron chi connectivity index (χ3n) is 4.89. The second kappa shape index (κ2) is 12.1. The Morgan fingerprint density at radius 3 is 2.44 bits per heavy atom. The zero-order valence-electron chi connectivity index (χ0n) is 19.1. The fraction of sp³-hybridized carbons (Fsp3) is 0.636. The number of alkyl halides is 2. The fourth-order valence-corrected chi connectivity index (χ4v) is 3.69. The van der Waals surface area contributed by atoms with Crippen LogP contribution in [0.25, 0.3) is 0 Å². The summed E-state index contributed by atoms with van der Waals surface area (Å²) in [6.07, 6.45) is 0. The highest BCUT2D eigenvalue weighted by atomic mass is 19.3. The Labute approximate surface area is 188 Å². The van der Waals surface area contributed by atoms with E-state index in [1.165, 1.54) is 17.0 Å². The molecule has 1 heterocycles. The number of rotatable bonds is 11. The van der Waals surface area contributed by atoms with Crippen molar-refractivity contribution in [2.45, 2.75) is 40.3 Å². The van der Waals surface area contributed by atoms with Crippen molar-refractivity contribution in [3.63, 3.8) is 0 Å². The summed E-state index contributed by atoms with van der Waals surface area (Å²) in [4.78, 5) is 28.5. The molecule has 180 valence electrons. The number of hydrogen-bond acceptors (Lipinski definition) is 6. The average molecular weight is 457 g/mol. The number of amides is 2. The summed E-state index contributed by atoms with van der Waals surface area (Å²) >= 11 is 0. The first-order valence-electron chi connectivity index (χ1n) is 10.8. The summed E-state index contributed by atoms with van der Waals surface area (Å²) in [6, 6.07) is 3.76. The van der Waals surface area contributed by atoms with E-state index >= 15 is 0 Å². The van der Waals surface area contributed by atoms with E-state index in [0.717, 1.165) is 0 Å². The van der Waals surface area contributed by atoms with Gasteiger partial charge in [-0.05, 0) is 24.0 Å². The maximum Gasteiger partial charge on any atom is 0.387 e. The standard InChI is InChI=1S/C22H34F2N4O4/c1-14(2)11-27(12-15(3)4)18(10-25)21(30)26-16-5-6-17(19(9-16)32-22(23)24)28-7-8-31-13-20(28)29/h5-6,9,14-15,18,22H,7-8,10-13,25H2,1-4H3,(H,26,30)/t18-/m1/s1. The predicted molar refractivity (Wildman–Crippen MR) is 119 cm³/mol. The van der Waals surface area contributed by atoms with Gasteiger partial charge in [-0.3, -0.25) is 14.5 Å². The van der Waals surface area contributed by atoms with Crippen LogP contribution in [0, 0.1) is 11.8 Å². The van der Waals surface area contributed by atoms with Crippen molar-refractivity contribution < 1.29 is 27.8 Å². The molecule has 1 atom stereocenters. The van der Waals surface area contributed by atoms with Crippen molar-refractivity contribution in [1.29, 1.82) is 0 Å². The number of nitrogens with zero attached hydrogens (tertiary/aromatic N) is 2. The van der Waals surface area contributed by atoms with Gasteiger partial charge < -0.3 is 25.4 Å². The Morgan fingerprint density at radius 1 is 1.25 bits per heavy atom. The maximum absolute atomic E-state index is 13.0. The number of morpholine rings is 1. The molecule has 0 unspecified atom stereocenters. The largest absolute Gasteiger partial charge is 0.433 e. The topological polar surface area (TPSA) is 97.1 Å². The lowest BCUT2D eigenvalue weighted by molar-refractivity contribution is -0.126. The van der Waals surface area contributed by atoms with Gasteiger partial charge in [-0.15, -0.1) is 0 Å². The molecule has 1 aliphatic heterocycles. The van der Waals surface area contributed by atoms with E-state index < -0.39 is 12.7 Å². The highest BCUT2D eigenvalue weighted by Gasteiger charge is 2.28. The van der Waals surface area contributed by atoms with E-state index in [2.05, 4.69) is 37.7 Å². The molecule has 32 heavy (non-hydrogen) atoms. The molecule has 0 aliphatic carbocycles. The summed E-state index contributed by atoms with van der Waals surface area (Å²) < 4.78 is 35.8. The number of halogens is 2. The van der Waals surface area contributed by atoms with Crippen LogP contribution in [-0.4, -0.2) is 68.8 Å². The second-order valence-corrected chi connectivity index (χ2v) is 8.64. The number of nitrogens with one attached hydrogen (secondary N) is 1. The van der Waals surface area contributed by atoms with E-state index in [1.54, 1.807) is 6.07 Å². The highest BCUT2D eigenvalue weighted by molar-refractivity contribution is 5.98. The first-order chi connectivity index (χ1) is 15.1. The lowest BCUT2D eigenvalue weighted by Crippen LogP contribution is -2.51. The van der Waals surface area contributed by atoms with Crippen LogP contribution >= 0.6 is 0 Å². The average Bonchev–Trinajstić information content (AvgIpc) is 2.68. The highest BCUT2D eigenvalue weighted by Crippen LogP contribution is 2.33. The van der Waals surface area contributed by atoms with Gasteiger partial charge in [0.2, 0.25) is 5.91 Å². The Balaban J connectivity index is 2.25. The number of anilines is 2. The zero-order chi connectivity index (χ0) is 23.8. The predicted octanol–water partition coefficient (Wildman–Crippen LogP) is 2.53. The molecular formula is C22H34F2N4O4. The summed E-state index contributed by atoms with van der Waals surface area (Å²) in [6.45, 7) is 7.08. The molecule has 0 radical (unpaired) electrons. The maximum atomic E-state index is 13.0. The number of hydrogen-bond donors (Lipinski definition) is 2. The van der Waals surface area contributed by atoms with E-state index in [9.17, 15) is 18.4 Å². The number of nitrogens with two attached hydrogens (primary N) is 1. The normalized spacial score (nSPS) is 15.7. The summed E-state index contributed by atoms with van der Waals surface area (Å²) in [7, 11) is 0. The van der Waals surface area contributed by atoms with Crippen molar-refractivity contribution in [3.05, 3.63) is 18.2 Å². The molecular weight excluding hydrogens is 422 g/mol. The van der Waals surface area contributed by atoms with Crippen LogP contribution in [-0.2, 0) is 14.3 Å². The van der Waals surface area contributed by atoms with Gasteiger partial charge in [-0.1, -0.05) is 27.7 Å². The van der Waals surface area contributed by atoms with Gasteiger partial charge in [-0.25, -0.2) is 0 Å². The van der Waals surface area contributed by atoms with Crippen LogP contribution < -0.4 is 20.7 Å². The molecule has 8 nitrogen and oxygen atoms in total. The van der Waals surface area contributed by atoms with Gasteiger partial charge in [0.25, 0.3) is 5.91 Å². The molecule has 10 heteroatoms.